The molecule has 2 rings (SSSR count). The highest BCUT2D eigenvalue weighted by molar-refractivity contribution is 9.10. The number of rotatable bonds is 1. The van der Waals surface area contributed by atoms with Crippen LogP contribution in [0.4, 0.5) is 5.95 Å². The number of nitrogens with zero attached hydrogens (tertiary/aromatic N) is 5. The van der Waals surface area contributed by atoms with Gasteiger partial charge in [-0.25, -0.2) is 4.68 Å². The highest BCUT2D eigenvalue weighted by Crippen LogP contribution is 2.24. The largest absolute Gasteiger partial charge is 0.368 e. The molecule has 0 unspecified atom stereocenters. The van der Waals surface area contributed by atoms with Gasteiger partial charge in [-0.15, -0.1) is 5.10 Å². The van der Waals surface area contributed by atoms with Crippen LogP contribution in [0.5, 0.6) is 0 Å². The van der Waals surface area contributed by atoms with Crippen molar-refractivity contribution >= 4 is 21.9 Å². The van der Waals surface area contributed by atoms with Crippen LogP contribution in [0.1, 0.15) is 0 Å². The maximum absolute atomic E-state index is 5.58. The number of hydrogen-bond acceptors (Lipinski definition) is 4. The Morgan fingerprint density at radius 2 is 2.07 bits per heavy atom. The summed E-state index contributed by atoms with van der Waals surface area (Å²) in [5.74, 6) is 0.959. The highest BCUT2D eigenvalue weighted by atomic mass is 79.9. The van der Waals surface area contributed by atoms with E-state index in [1.54, 1.807) is 17.9 Å². The Morgan fingerprint density at radius 1 is 1.36 bits per heavy atom. The Bertz CT molecular complexity index is 451. The van der Waals surface area contributed by atoms with E-state index in [2.05, 4.69) is 31.1 Å². The second-order valence-corrected chi connectivity index (χ2v) is 3.64. The lowest BCUT2D eigenvalue weighted by atomic mass is 10.3. The van der Waals surface area contributed by atoms with E-state index in [1.807, 2.05) is 7.05 Å². The first kappa shape index (κ1) is 9.20. The minimum atomic E-state index is 0.385. The Kier molecular flexibility index (Phi) is 2.03. The number of nitrogens with two attached hydrogens (primary N) is 1. The number of hydrogen-bond donors (Lipinski definition) is 1. The number of anilines is 1. The molecule has 0 aliphatic heterocycles. The summed E-state index contributed by atoms with van der Waals surface area (Å²) in [6.07, 6.45) is 1.69. The first-order valence-corrected chi connectivity index (χ1v) is 4.73. The van der Waals surface area contributed by atoms with Crippen molar-refractivity contribution in [3.63, 3.8) is 0 Å². The van der Waals surface area contributed by atoms with Crippen molar-refractivity contribution in [2.45, 2.75) is 0 Å². The SMILES string of the molecule is Cn1nc(-c2cnn(C)c2Br)nc1N. The molecule has 2 aromatic heterocycles. The Morgan fingerprint density at radius 3 is 2.50 bits per heavy atom. The second-order valence-electron chi connectivity index (χ2n) is 2.89. The van der Waals surface area contributed by atoms with E-state index in [0.717, 1.165) is 10.2 Å². The van der Waals surface area contributed by atoms with Crippen molar-refractivity contribution in [1.29, 1.82) is 0 Å². The van der Waals surface area contributed by atoms with Gasteiger partial charge in [0.1, 0.15) is 4.60 Å². The van der Waals surface area contributed by atoms with Crippen molar-refractivity contribution in [2.75, 3.05) is 5.73 Å². The van der Waals surface area contributed by atoms with Crippen LogP contribution in [-0.2, 0) is 14.1 Å². The number of aryl methyl sites for hydroxylation is 2. The van der Waals surface area contributed by atoms with Crippen molar-refractivity contribution < 1.29 is 0 Å². The lowest BCUT2D eigenvalue weighted by Crippen LogP contribution is -1.97. The van der Waals surface area contributed by atoms with Gasteiger partial charge in [-0.2, -0.15) is 10.1 Å². The van der Waals surface area contributed by atoms with Crippen LogP contribution in [0, 0.1) is 0 Å². The molecule has 2 heterocycles. The first-order valence-electron chi connectivity index (χ1n) is 3.94. The van der Waals surface area contributed by atoms with Gasteiger partial charge in [-0.3, -0.25) is 4.68 Å². The van der Waals surface area contributed by atoms with Gasteiger partial charge >= 0.3 is 0 Å². The molecule has 0 aliphatic carbocycles. The summed E-state index contributed by atoms with van der Waals surface area (Å²) in [4.78, 5) is 4.10. The topological polar surface area (TPSA) is 74.5 Å². The zero-order valence-corrected chi connectivity index (χ0v) is 9.35. The Labute approximate surface area is 88.9 Å². The molecule has 0 spiro atoms. The number of nitrogen functional groups attached to an aromatic ring is 1. The van der Waals surface area contributed by atoms with Crippen molar-refractivity contribution in [3.8, 4) is 11.4 Å². The third-order valence-corrected chi connectivity index (χ3v) is 2.84. The molecule has 6 nitrogen and oxygen atoms in total. The van der Waals surface area contributed by atoms with E-state index in [0.29, 0.717) is 11.8 Å². The zero-order valence-electron chi connectivity index (χ0n) is 7.77. The minimum absolute atomic E-state index is 0.385. The van der Waals surface area contributed by atoms with E-state index in [4.69, 9.17) is 5.73 Å². The first-order chi connectivity index (χ1) is 6.59. The van der Waals surface area contributed by atoms with E-state index in [-0.39, 0.29) is 0 Å². The Balaban J connectivity index is 2.54. The van der Waals surface area contributed by atoms with Crippen molar-refractivity contribution in [3.05, 3.63) is 10.8 Å². The van der Waals surface area contributed by atoms with Crippen molar-refractivity contribution in [2.24, 2.45) is 14.1 Å². The zero-order chi connectivity index (χ0) is 10.3. The molecule has 74 valence electrons. The monoisotopic (exact) mass is 256 g/mol. The molecule has 0 aliphatic rings. The van der Waals surface area contributed by atoms with E-state index in [1.165, 1.54) is 4.68 Å². The molecule has 0 radical (unpaired) electrons. The second kappa shape index (κ2) is 3.09. The predicted molar refractivity (Wildman–Crippen MR) is 55.3 cm³/mol. The molecule has 0 saturated heterocycles. The molecule has 0 bridgehead atoms. The van der Waals surface area contributed by atoms with Gasteiger partial charge < -0.3 is 5.73 Å². The quantitative estimate of drug-likeness (QED) is 0.810. The van der Waals surface area contributed by atoms with Gasteiger partial charge in [-0.05, 0) is 15.9 Å². The normalized spacial score (nSPS) is 10.8. The summed E-state index contributed by atoms with van der Waals surface area (Å²) >= 11 is 3.39. The molecular formula is C7H9BrN6. The number of aromatic nitrogens is 5. The standard InChI is InChI=1S/C7H9BrN6/c1-13-5(8)4(3-10-13)6-11-7(9)14(2)12-6/h3H,1-2H3,(H2,9,11,12). The van der Waals surface area contributed by atoms with Gasteiger partial charge in [0.05, 0.1) is 11.8 Å². The molecule has 0 atom stereocenters. The summed E-state index contributed by atoms with van der Waals surface area (Å²) in [5.41, 5.74) is 6.41. The molecule has 0 fully saturated rings. The summed E-state index contributed by atoms with van der Waals surface area (Å²) < 4.78 is 4.06. The van der Waals surface area contributed by atoms with Crippen LogP contribution in [-0.4, -0.2) is 24.5 Å². The van der Waals surface area contributed by atoms with Gasteiger partial charge in [0.2, 0.25) is 5.95 Å². The predicted octanol–water partition coefficient (Wildman–Crippen LogP) is 0.560. The molecule has 0 aromatic carbocycles. The van der Waals surface area contributed by atoms with Gasteiger partial charge in [0, 0.05) is 14.1 Å². The summed E-state index contributed by atoms with van der Waals surface area (Å²) in [5, 5.41) is 8.22. The number of halogens is 1. The summed E-state index contributed by atoms with van der Waals surface area (Å²) in [7, 11) is 3.58. The van der Waals surface area contributed by atoms with Gasteiger partial charge in [0.25, 0.3) is 0 Å². The lowest BCUT2D eigenvalue weighted by Gasteiger charge is -1.92. The van der Waals surface area contributed by atoms with Crippen LogP contribution in [0.3, 0.4) is 0 Å². The minimum Gasteiger partial charge on any atom is -0.368 e. The van der Waals surface area contributed by atoms with Gasteiger partial charge in [0.15, 0.2) is 5.82 Å². The van der Waals surface area contributed by atoms with Crippen LogP contribution in [0.2, 0.25) is 0 Å². The maximum atomic E-state index is 5.58. The highest BCUT2D eigenvalue weighted by Gasteiger charge is 2.13. The fraction of sp³-hybridized carbons (Fsp3) is 0.286. The van der Waals surface area contributed by atoms with Crippen molar-refractivity contribution in [1.82, 2.24) is 24.5 Å². The molecular weight excluding hydrogens is 248 g/mol. The van der Waals surface area contributed by atoms with Crippen LogP contribution in [0.25, 0.3) is 11.4 Å². The molecule has 0 saturated carbocycles. The molecule has 7 heteroatoms. The smallest absolute Gasteiger partial charge is 0.218 e. The Hall–Kier alpha value is -1.37. The van der Waals surface area contributed by atoms with E-state index >= 15 is 0 Å². The maximum Gasteiger partial charge on any atom is 0.218 e. The average molecular weight is 257 g/mol. The van der Waals surface area contributed by atoms with Gasteiger partial charge in [-0.1, -0.05) is 0 Å². The average Bonchev–Trinajstić information content (AvgIpc) is 2.61. The molecule has 2 aromatic rings. The fourth-order valence-electron chi connectivity index (χ4n) is 1.08. The molecule has 14 heavy (non-hydrogen) atoms. The molecule has 0 amide bonds. The van der Waals surface area contributed by atoms with Crippen LogP contribution < -0.4 is 5.73 Å². The molecule has 2 N–H and O–H groups in total. The van der Waals surface area contributed by atoms with E-state index < -0.39 is 0 Å². The van der Waals surface area contributed by atoms with E-state index in [9.17, 15) is 0 Å². The summed E-state index contributed by atoms with van der Waals surface area (Å²) in [6.45, 7) is 0. The van der Waals surface area contributed by atoms with Crippen LogP contribution >= 0.6 is 15.9 Å². The third-order valence-electron chi connectivity index (χ3n) is 1.90. The van der Waals surface area contributed by atoms with Crippen LogP contribution in [0.15, 0.2) is 10.8 Å². The summed E-state index contributed by atoms with van der Waals surface area (Å²) in [6, 6.07) is 0. The lowest BCUT2D eigenvalue weighted by molar-refractivity contribution is 0.749. The fourth-order valence-corrected chi connectivity index (χ4v) is 1.45. The third kappa shape index (κ3) is 1.29.